The first-order valence-corrected chi connectivity index (χ1v) is 9.57. The second kappa shape index (κ2) is 7.71. The summed E-state index contributed by atoms with van der Waals surface area (Å²) in [4.78, 5) is -0.236. The minimum absolute atomic E-state index is 0.176. The fourth-order valence-corrected chi connectivity index (χ4v) is 3.80. The predicted molar refractivity (Wildman–Crippen MR) is 97.5 cm³/mol. The number of benzene rings is 2. The molecule has 0 spiro atoms. The number of ether oxygens (including phenoxy) is 1. The number of alkyl halides is 2. The number of hydrogen-bond donors (Lipinski definition) is 1. The summed E-state index contributed by atoms with van der Waals surface area (Å²) < 4.78 is 58.1. The number of anilines is 1. The van der Waals surface area contributed by atoms with Gasteiger partial charge in [-0.3, -0.25) is 4.72 Å². The molecular formula is C16H11Cl2F2N3O3S. The van der Waals surface area contributed by atoms with Gasteiger partial charge in [0.05, 0.1) is 21.3 Å². The van der Waals surface area contributed by atoms with Gasteiger partial charge in [-0.2, -0.15) is 13.9 Å². The molecule has 0 saturated heterocycles. The highest BCUT2D eigenvalue weighted by molar-refractivity contribution is 7.92. The van der Waals surface area contributed by atoms with Crippen molar-refractivity contribution in [2.75, 3.05) is 4.72 Å². The van der Waals surface area contributed by atoms with Gasteiger partial charge in [-0.15, -0.1) is 0 Å². The summed E-state index contributed by atoms with van der Waals surface area (Å²) in [6, 6.07) is 9.45. The van der Waals surface area contributed by atoms with Crippen molar-refractivity contribution in [1.29, 1.82) is 0 Å². The van der Waals surface area contributed by atoms with E-state index in [9.17, 15) is 17.2 Å². The monoisotopic (exact) mass is 433 g/mol. The van der Waals surface area contributed by atoms with Crippen LogP contribution < -0.4 is 9.46 Å². The SMILES string of the molecule is O=S(=O)(Nc1cc(Cl)ccc1-n1cccn1)c1ccc(OC(F)F)c(Cl)c1. The molecule has 0 aliphatic heterocycles. The highest BCUT2D eigenvalue weighted by Crippen LogP contribution is 2.31. The maximum atomic E-state index is 12.7. The Bertz CT molecular complexity index is 1060. The molecule has 3 aromatic rings. The minimum Gasteiger partial charge on any atom is -0.433 e. The molecular weight excluding hydrogens is 423 g/mol. The lowest BCUT2D eigenvalue weighted by molar-refractivity contribution is -0.0498. The van der Waals surface area contributed by atoms with Gasteiger partial charge in [-0.05, 0) is 42.5 Å². The van der Waals surface area contributed by atoms with Crippen molar-refractivity contribution in [2.45, 2.75) is 11.5 Å². The van der Waals surface area contributed by atoms with E-state index in [0.717, 1.165) is 18.2 Å². The Morgan fingerprint density at radius 2 is 1.93 bits per heavy atom. The highest BCUT2D eigenvalue weighted by atomic mass is 35.5. The Morgan fingerprint density at radius 1 is 1.15 bits per heavy atom. The molecule has 0 bridgehead atoms. The van der Waals surface area contributed by atoms with E-state index < -0.39 is 16.6 Å². The van der Waals surface area contributed by atoms with E-state index in [1.807, 2.05) is 0 Å². The van der Waals surface area contributed by atoms with Crippen molar-refractivity contribution in [3.8, 4) is 11.4 Å². The number of aromatic nitrogens is 2. The number of sulfonamides is 1. The zero-order chi connectivity index (χ0) is 19.6. The van der Waals surface area contributed by atoms with Crippen molar-refractivity contribution in [3.63, 3.8) is 0 Å². The van der Waals surface area contributed by atoms with Crippen molar-refractivity contribution >= 4 is 38.9 Å². The highest BCUT2D eigenvalue weighted by Gasteiger charge is 2.20. The molecule has 142 valence electrons. The molecule has 0 aliphatic rings. The van der Waals surface area contributed by atoms with Crippen LogP contribution in [0, 0.1) is 0 Å². The van der Waals surface area contributed by atoms with Crippen LogP contribution in [-0.2, 0) is 10.0 Å². The van der Waals surface area contributed by atoms with Crippen LogP contribution in [0.1, 0.15) is 0 Å². The van der Waals surface area contributed by atoms with Crippen LogP contribution in [0.2, 0.25) is 10.0 Å². The molecule has 3 rings (SSSR count). The summed E-state index contributed by atoms with van der Waals surface area (Å²) in [7, 11) is -4.09. The van der Waals surface area contributed by atoms with Crippen LogP contribution in [-0.4, -0.2) is 24.8 Å². The van der Waals surface area contributed by atoms with Gasteiger partial charge >= 0.3 is 6.61 Å². The molecule has 1 N–H and O–H groups in total. The Balaban J connectivity index is 1.96. The normalized spacial score (nSPS) is 11.6. The fourth-order valence-electron chi connectivity index (χ4n) is 2.25. The molecule has 6 nitrogen and oxygen atoms in total. The van der Waals surface area contributed by atoms with E-state index in [1.54, 1.807) is 24.4 Å². The second-order valence-corrected chi connectivity index (χ2v) is 7.71. The first-order chi connectivity index (χ1) is 12.8. The summed E-state index contributed by atoms with van der Waals surface area (Å²) >= 11 is 11.8. The van der Waals surface area contributed by atoms with Crippen LogP contribution in [0.4, 0.5) is 14.5 Å². The fraction of sp³-hybridized carbons (Fsp3) is 0.0625. The maximum absolute atomic E-state index is 12.7. The van der Waals surface area contributed by atoms with Crippen LogP contribution in [0.3, 0.4) is 0 Å². The van der Waals surface area contributed by atoms with Crippen molar-refractivity contribution < 1.29 is 21.9 Å². The van der Waals surface area contributed by atoms with Gasteiger partial charge in [-0.1, -0.05) is 23.2 Å². The molecule has 1 heterocycles. The van der Waals surface area contributed by atoms with Crippen molar-refractivity contribution in [1.82, 2.24) is 9.78 Å². The lowest BCUT2D eigenvalue weighted by Crippen LogP contribution is -2.15. The van der Waals surface area contributed by atoms with E-state index in [1.165, 1.54) is 16.9 Å². The van der Waals surface area contributed by atoms with Gasteiger partial charge in [0.2, 0.25) is 0 Å². The number of halogens is 4. The minimum atomic E-state index is -4.09. The van der Waals surface area contributed by atoms with Gasteiger partial charge in [0.25, 0.3) is 10.0 Å². The number of nitrogens with one attached hydrogen (secondary N) is 1. The molecule has 0 radical (unpaired) electrons. The average Bonchev–Trinajstić information content (AvgIpc) is 3.10. The molecule has 2 aromatic carbocycles. The van der Waals surface area contributed by atoms with Gasteiger partial charge < -0.3 is 4.74 Å². The van der Waals surface area contributed by atoms with Crippen LogP contribution in [0.5, 0.6) is 5.75 Å². The Hall–Kier alpha value is -2.36. The molecule has 0 fully saturated rings. The third kappa shape index (κ3) is 4.49. The topological polar surface area (TPSA) is 73.2 Å². The van der Waals surface area contributed by atoms with Gasteiger partial charge in [0.15, 0.2) is 0 Å². The summed E-state index contributed by atoms with van der Waals surface area (Å²) in [6.45, 7) is -3.08. The van der Waals surface area contributed by atoms with Crippen LogP contribution in [0.15, 0.2) is 59.8 Å². The van der Waals surface area contributed by atoms with Gasteiger partial charge in [0.1, 0.15) is 5.75 Å². The predicted octanol–water partition coefficient (Wildman–Crippen LogP) is 4.58. The van der Waals surface area contributed by atoms with E-state index in [2.05, 4.69) is 14.6 Å². The van der Waals surface area contributed by atoms with Gasteiger partial charge in [-0.25, -0.2) is 13.1 Å². The molecule has 0 saturated carbocycles. The Morgan fingerprint density at radius 3 is 2.56 bits per heavy atom. The quantitative estimate of drug-likeness (QED) is 0.617. The van der Waals surface area contributed by atoms with Crippen LogP contribution in [0.25, 0.3) is 5.69 Å². The third-order valence-electron chi connectivity index (χ3n) is 3.38. The molecule has 0 aliphatic carbocycles. The molecule has 0 unspecified atom stereocenters. The molecule has 0 amide bonds. The Labute approximate surface area is 163 Å². The van der Waals surface area contributed by atoms with Gasteiger partial charge in [0, 0.05) is 17.4 Å². The average molecular weight is 434 g/mol. The molecule has 11 heteroatoms. The van der Waals surface area contributed by atoms with Crippen molar-refractivity contribution in [3.05, 3.63) is 64.9 Å². The van der Waals surface area contributed by atoms with E-state index in [-0.39, 0.29) is 21.4 Å². The lowest BCUT2D eigenvalue weighted by Gasteiger charge is -2.14. The second-order valence-electron chi connectivity index (χ2n) is 5.19. The molecule has 0 atom stereocenters. The Kier molecular flexibility index (Phi) is 5.54. The summed E-state index contributed by atoms with van der Waals surface area (Å²) in [5.41, 5.74) is 0.618. The number of nitrogens with zero attached hydrogens (tertiary/aromatic N) is 2. The molecule has 1 aromatic heterocycles. The smallest absolute Gasteiger partial charge is 0.387 e. The van der Waals surface area contributed by atoms with Crippen LogP contribution >= 0.6 is 23.2 Å². The summed E-state index contributed by atoms with van der Waals surface area (Å²) in [5.74, 6) is -0.328. The summed E-state index contributed by atoms with van der Waals surface area (Å²) in [5, 5.41) is 4.10. The zero-order valence-corrected chi connectivity index (χ0v) is 15.6. The standard InChI is InChI=1S/C16H11Cl2F2N3O3S/c17-10-2-4-14(23-7-1-6-21-23)13(8-10)22-27(24,25)11-3-5-15(12(18)9-11)26-16(19)20/h1-9,16,22H. The lowest BCUT2D eigenvalue weighted by atomic mass is 10.3. The largest absolute Gasteiger partial charge is 0.433 e. The third-order valence-corrected chi connectivity index (χ3v) is 5.28. The number of rotatable bonds is 6. The van der Waals surface area contributed by atoms with E-state index in [4.69, 9.17) is 23.2 Å². The first kappa shape index (κ1) is 19.4. The zero-order valence-electron chi connectivity index (χ0n) is 13.3. The maximum Gasteiger partial charge on any atom is 0.387 e. The first-order valence-electron chi connectivity index (χ1n) is 7.33. The summed E-state index contributed by atoms with van der Waals surface area (Å²) in [6.07, 6.45) is 3.17. The number of hydrogen-bond acceptors (Lipinski definition) is 4. The van der Waals surface area contributed by atoms with Crippen molar-refractivity contribution in [2.24, 2.45) is 0 Å². The molecule has 27 heavy (non-hydrogen) atoms. The van der Waals surface area contributed by atoms with E-state index in [0.29, 0.717) is 10.7 Å². The van der Waals surface area contributed by atoms with E-state index >= 15 is 0 Å².